The number of nitrogens with one attached hydrogen (secondary N) is 1. The zero-order chi connectivity index (χ0) is 19.4. The third-order valence-corrected chi connectivity index (χ3v) is 4.04. The predicted octanol–water partition coefficient (Wildman–Crippen LogP) is 1.24. The van der Waals surface area contributed by atoms with Gasteiger partial charge in [0.25, 0.3) is 5.91 Å². The van der Waals surface area contributed by atoms with Crippen molar-refractivity contribution in [2.24, 2.45) is 5.10 Å². The molecule has 0 aliphatic carbocycles. The molecule has 3 rings (SSSR count). The minimum Gasteiger partial charge on any atom is -0.508 e. The Morgan fingerprint density at radius 3 is 2.48 bits per heavy atom. The van der Waals surface area contributed by atoms with Crippen LogP contribution in [-0.2, 0) is 14.4 Å². The summed E-state index contributed by atoms with van der Waals surface area (Å²) < 4.78 is 0. The number of rotatable bonds is 4. The monoisotopic (exact) mass is 366 g/mol. The molecule has 0 radical (unpaired) electrons. The van der Waals surface area contributed by atoms with Crippen molar-refractivity contribution in [1.82, 2.24) is 5.43 Å². The van der Waals surface area contributed by atoms with E-state index in [1.807, 2.05) is 0 Å². The van der Waals surface area contributed by atoms with Crippen LogP contribution in [0.4, 0.5) is 11.4 Å². The van der Waals surface area contributed by atoms with Gasteiger partial charge in [-0.2, -0.15) is 5.10 Å². The molecule has 0 unspecified atom stereocenters. The Bertz CT molecular complexity index is 908. The number of phenolic OH excluding ortho intramolecular Hbond substituents is 1. The van der Waals surface area contributed by atoms with Crippen LogP contribution in [0.5, 0.6) is 5.75 Å². The Kier molecular flexibility index (Phi) is 5.16. The Hall–Kier alpha value is -3.68. The van der Waals surface area contributed by atoms with Crippen LogP contribution >= 0.6 is 0 Å². The number of aromatic hydroxyl groups is 1. The first-order valence-corrected chi connectivity index (χ1v) is 8.24. The lowest BCUT2D eigenvalue weighted by molar-refractivity contribution is -0.124. The zero-order valence-corrected chi connectivity index (χ0v) is 14.6. The maximum atomic E-state index is 12.4. The number of carbonyl (C=O) groups is 3. The van der Waals surface area contributed by atoms with Crippen molar-refractivity contribution >= 4 is 35.3 Å². The molecular weight excluding hydrogens is 348 g/mol. The molecule has 8 nitrogen and oxygen atoms in total. The molecule has 0 saturated heterocycles. The Balaban J connectivity index is 1.69. The Labute approximate surface area is 155 Å². The number of hydrazone groups is 1. The molecule has 0 saturated carbocycles. The Morgan fingerprint density at radius 1 is 1.15 bits per heavy atom. The zero-order valence-electron chi connectivity index (χ0n) is 14.6. The van der Waals surface area contributed by atoms with Gasteiger partial charge in [0, 0.05) is 6.92 Å². The highest BCUT2D eigenvalue weighted by Gasteiger charge is 2.31. The molecule has 2 N–H and O–H groups in total. The van der Waals surface area contributed by atoms with Crippen LogP contribution in [0.15, 0.2) is 53.6 Å². The van der Waals surface area contributed by atoms with Crippen molar-refractivity contribution in [3.05, 3.63) is 54.1 Å². The first-order chi connectivity index (χ1) is 13.0. The predicted molar refractivity (Wildman–Crippen MR) is 101 cm³/mol. The summed E-state index contributed by atoms with van der Waals surface area (Å²) in [6, 6.07) is 13.2. The van der Waals surface area contributed by atoms with E-state index < -0.39 is 5.91 Å². The van der Waals surface area contributed by atoms with Crippen LogP contribution in [0.3, 0.4) is 0 Å². The number of amides is 3. The second-order valence-corrected chi connectivity index (χ2v) is 5.96. The number of fused-ring (bicyclic) bond motifs is 1. The maximum absolute atomic E-state index is 12.4. The second-order valence-electron chi connectivity index (χ2n) is 5.96. The van der Waals surface area contributed by atoms with Crippen LogP contribution in [0.2, 0.25) is 0 Å². The lowest BCUT2D eigenvalue weighted by Crippen LogP contribution is -2.50. The van der Waals surface area contributed by atoms with Crippen LogP contribution in [-0.4, -0.2) is 42.1 Å². The SMILES string of the molecule is CC(=O)N1CC(=O)N(CC(=O)NN=Cc2ccc(O)cc2)c2ccccc21. The largest absolute Gasteiger partial charge is 0.508 e. The van der Waals surface area contributed by atoms with Gasteiger partial charge < -0.3 is 10.0 Å². The molecular formula is C19H18N4O4. The molecule has 138 valence electrons. The van der Waals surface area contributed by atoms with E-state index in [0.29, 0.717) is 16.9 Å². The van der Waals surface area contributed by atoms with Gasteiger partial charge in [-0.1, -0.05) is 12.1 Å². The van der Waals surface area contributed by atoms with E-state index in [4.69, 9.17) is 0 Å². The van der Waals surface area contributed by atoms with Gasteiger partial charge in [0.15, 0.2) is 0 Å². The van der Waals surface area contributed by atoms with E-state index in [1.54, 1.807) is 36.4 Å². The average molecular weight is 366 g/mol. The topological polar surface area (TPSA) is 102 Å². The van der Waals surface area contributed by atoms with Gasteiger partial charge in [-0.15, -0.1) is 0 Å². The molecule has 1 heterocycles. The van der Waals surface area contributed by atoms with Gasteiger partial charge in [-0.3, -0.25) is 19.3 Å². The van der Waals surface area contributed by atoms with Crippen LogP contribution in [0, 0.1) is 0 Å². The van der Waals surface area contributed by atoms with Crippen molar-refractivity contribution in [2.45, 2.75) is 6.92 Å². The lowest BCUT2D eigenvalue weighted by atomic mass is 10.1. The fraction of sp³-hybridized carbons (Fsp3) is 0.158. The molecule has 0 bridgehead atoms. The highest BCUT2D eigenvalue weighted by Crippen LogP contribution is 2.33. The van der Waals surface area contributed by atoms with Crippen LogP contribution in [0.1, 0.15) is 12.5 Å². The van der Waals surface area contributed by atoms with Gasteiger partial charge in [0.1, 0.15) is 18.8 Å². The quantitative estimate of drug-likeness (QED) is 0.628. The Morgan fingerprint density at radius 2 is 1.81 bits per heavy atom. The number of nitrogens with zero attached hydrogens (tertiary/aromatic N) is 3. The van der Waals surface area contributed by atoms with E-state index in [-0.39, 0.29) is 30.7 Å². The summed E-state index contributed by atoms with van der Waals surface area (Å²) in [6.45, 7) is 1.06. The molecule has 3 amide bonds. The summed E-state index contributed by atoms with van der Waals surface area (Å²) in [6.07, 6.45) is 1.43. The summed E-state index contributed by atoms with van der Waals surface area (Å²) >= 11 is 0. The first kappa shape index (κ1) is 18.1. The van der Waals surface area contributed by atoms with Crippen molar-refractivity contribution in [2.75, 3.05) is 22.9 Å². The van der Waals surface area contributed by atoms with E-state index in [2.05, 4.69) is 10.5 Å². The van der Waals surface area contributed by atoms with Gasteiger partial charge in [0.05, 0.1) is 17.6 Å². The first-order valence-electron chi connectivity index (χ1n) is 8.24. The number of anilines is 2. The van der Waals surface area contributed by atoms with Crippen molar-refractivity contribution in [1.29, 1.82) is 0 Å². The minimum atomic E-state index is -0.468. The van der Waals surface area contributed by atoms with Crippen molar-refractivity contribution in [3.63, 3.8) is 0 Å². The number of hydrogen-bond donors (Lipinski definition) is 2. The standard InChI is InChI=1S/C19H18N4O4/c1-13(24)22-12-19(27)23(17-5-3-2-4-16(17)22)11-18(26)21-20-10-14-6-8-15(25)9-7-14/h2-10,25H,11-12H2,1H3,(H,21,26). The third kappa shape index (κ3) is 4.12. The number of carbonyl (C=O) groups excluding carboxylic acids is 3. The fourth-order valence-corrected chi connectivity index (χ4v) is 2.73. The molecule has 8 heteroatoms. The summed E-state index contributed by atoms with van der Waals surface area (Å²) in [4.78, 5) is 39.1. The number of benzene rings is 2. The lowest BCUT2D eigenvalue weighted by Gasteiger charge is -2.35. The van der Waals surface area contributed by atoms with Crippen molar-refractivity contribution in [3.8, 4) is 5.75 Å². The minimum absolute atomic E-state index is 0.115. The summed E-state index contributed by atoms with van der Waals surface area (Å²) in [5, 5.41) is 13.1. The van der Waals surface area contributed by atoms with E-state index in [9.17, 15) is 19.5 Å². The van der Waals surface area contributed by atoms with E-state index in [1.165, 1.54) is 35.1 Å². The van der Waals surface area contributed by atoms with Gasteiger partial charge in [-0.25, -0.2) is 5.43 Å². The maximum Gasteiger partial charge on any atom is 0.260 e. The molecule has 2 aromatic rings. The number of phenols is 1. The highest BCUT2D eigenvalue weighted by atomic mass is 16.3. The smallest absolute Gasteiger partial charge is 0.260 e. The van der Waals surface area contributed by atoms with Crippen LogP contribution < -0.4 is 15.2 Å². The van der Waals surface area contributed by atoms with E-state index >= 15 is 0 Å². The molecule has 1 aliphatic heterocycles. The average Bonchev–Trinajstić information content (AvgIpc) is 2.65. The molecule has 0 spiro atoms. The number of hydrogen-bond acceptors (Lipinski definition) is 5. The van der Waals surface area contributed by atoms with Crippen molar-refractivity contribution < 1.29 is 19.5 Å². The molecule has 1 aliphatic rings. The van der Waals surface area contributed by atoms with Gasteiger partial charge in [-0.05, 0) is 42.0 Å². The summed E-state index contributed by atoms with van der Waals surface area (Å²) in [5.74, 6) is -0.914. The van der Waals surface area contributed by atoms with Crippen LogP contribution in [0.25, 0.3) is 0 Å². The molecule has 0 aromatic heterocycles. The van der Waals surface area contributed by atoms with E-state index in [0.717, 1.165) is 0 Å². The summed E-state index contributed by atoms with van der Waals surface area (Å²) in [5.41, 5.74) is 4.16. The fourth-order valence-electron chi connectivity index (χ4n) is 2.73. The van der Waals surface area contributed by atoms with Gasteiger partial charge >= 0.3 is 0 Å². The molecule has 0 atom stereocenters. The molecule has 0 fully saturated rings. The summed E-state index contributed by atoms with van der Waals surface area (Å²) in [7, 11) is 0. The molecule has 2 aromatic carbocycles. The second kappa shape index (κ2) is 7.69. The normalized spacial score (nSPS) is 13.6. The third-order valence-electron chi connectivity index (χ3n) is 4.04. The highest BCUT2D eigenvalue weighted by molar-refractivity contribution is 6.12. The van der Waals surface area contributed by atoms with Gasteiger partial charge in [0.2, 0.25) is 11.8 Å². The molecule has 27 heavy (non-hydrogen) atoms. The number of para-hydroxylation sites is 2.